The predicted molar refractivity (Wildman–Crippen MR) is 89.7 cm³/mol. The lowest BCUT2D eigenvalue weighted by Crippen LogP contribution is -2.37. The molecule has 0 aliphatic heterocycles. The van der Waals surface area contributed by atoms with Gasteiger partial charge < -0.3 is 5.11 Å². The minimum Gasteiger partial charge on any atom is -0.507 e. The standard InChI is InChI=1S/C16H17NOSSi/c1-20(2,3)11-8-9-14(18)12(10-11)16-17-13-6-4-5-7-15(13)19-16/h4-10,18H,1-3H3. The van der Waals surface area contributed by atoms with Crippen molar-refractivity contribution in [3.63, 3.8) is 0 Å². The third-order valence-corrected chi connectivity index (χ3v) is 6.50. The SMILES string of the molecule is C[Si](C)(C)c1ccc(O)c(-c2nc3ccccc3s2)c1. The lowest BCUT2D eigenvalue weighted by Gasteiger charge is -2.17. The van der Waals surface area contributed by atoms with Crippen molar-refractivity contribution in [3.8, 4) is 16.3 Å². The van der Waals surface area contributed by atoms with Crippen molar-refractivity contribution in [2.75, 3.05) is 0 Å². The maximum Gasteiger partial charge on any atom is 0.128 e. The maximum absolute atomic E-state index is 10.2. The van der Waals surface area contributed by atoms with Gasteiger partial charge in [0.2, 0.25) is 0 Å². The van der Waals surface area contributed by atoms with Gasteiger partial charge in [-0.1, -0.05) is 43.0 Å². The summed E-state index contributed by atoms with van der Waals surface area (Å²) in [5, 5.41) is 12.4. The molecule has 2 nitrogen and oxygen atoms in total. The minimum atomic E-state index is -1.39. The van der Waals surface area contributed by atoms with Crippen molar-refractivity contribution in [1.82, 2.24) is 4.98 Å². The van der Waals surface area contributed by atoms with Crippen molar-refractivity contribution in [2.45, 2.75) is 19.6 Å². The quantitative estimate of drug-likeness (QED) is 0.719. The molecule has 0 saturated carbocycles. The normalized spacial score (nSPS) is 11.9. The largest absolute Gasteiger partial charge is 0.507 e. The van der Waals surface area contributed by atoms with Crippen LogP contribution in [0.2, 0.25) is 19.6 Å². The first-order valence-corrected chi connectivity index (χ1v) is 11.0. The molecule has 0 unspecified atom stereocenters. The number of benzene rings is 2. The fraction of sp³-hybridized carbons (Fsp3) is 0.188. The Kier molecular flexibility index (Phi) is 3.15. The van der Waals surface area contributed by atoms with Crippen LogP contribution in [0.1, 0.15) is 0 Å². The summed E-state index contributed by atoms with van der Waals surface area (Å²) < 4.78 is 1.15. The van der Waals surface area contributed by atoms with Gasteiger partial charge >= 0.3 is 0 Å². The second-order valence-corrected chi connectivity index (χ2v) is 12.1. The van der Waals surface area contributed by atoms with E-state index in [0.29, 0.717) is 5.75 Å². The van der Waals surface area contributed by atoms with Crippen LogP contribution < -0.4 is 5.19 Å². The van der Waals surface area contributed by atoms with Crippen LogP contribution in [0, 0.1) is 0 Å². The van der Waals surface area contributed by atoms with Gasteiger partial charge in [0.1, 0.15) is 10.8 Å². The van der Waals surface area contributed by atoms with Gasteiger partial charge in [-0.3, -0.25) is 0 Å². The van der Waals surface area contributed by atoms with Crippen molar-refractivity contribution in [3.05, 3.63) is 42.5 Å². The summed E-state index contributed by atoms with van der Waals surface area (Å²) in [5.74, 6) is 0.311. The highest BCUT2D eigenvalue weighted by Crippen LogP contribution is 2.34. The molecule has 3 rings (SSSR count). The van der Waals surface area contributed by atoms with Gasteiger partial charge in [0.05, 0.1) is 23.9 Å². The second kappa shape index (κ2) is 4.72. The zero-order chi connectivity index (χ0) is 14.3. The van der Waals surface area contributed by atoms with E-state index >= 15 is 0 Å². The number of aromatic nitrogens is 1. The molecule has 20 heavy (non-hydrogen) atoms. The Labute approximate surface area is 123 Å². The number of phenols is 1. The van der Waals surface area contributed by atoms with E-state index in [2.05, 4.69) is 36.8 Å². The minimum absolute atomic E-state index is 0.311. The third-order valence-electron chi connectivity index (χ3n) is 3.39. The highest BCUT2D eigenvalue weighted by molar-refractivity contribution is 7.21. The molecule has 0 aliphatic carbocycles. The number of fused-ring (bicyclic) bond motifs is 1. The highest BCUT2D eigenvalue weighted by Gasteiger charge is 2.19. The molecule has 4 heteroatoms. The summed E-state index contributed by atoms with van der Waals surface area (Å²) in [4.78, 5) is 4.64. The summed E-state index contributed by atoms with van der Waals surface area (Å²) in [7, 11) is -1.39. The average molecular weight is 299 g/mol. The van der Waals surface area contributed by atoms with Crippen LogP contribution in [0.15, 0.2) is 42.5 Å². The number of hydrogen-bond donors (Lipinski definition) is 1. The molecule has 102 valence electrons. The Balaban J connectivity index is 2.17. The molecular formula is C16H17NOSSi. The van der Waals surface area contributed by atoms with Crippen LogP contribution in [-0.2, 0) is 0 Å². The molecule has 2 aromatic carbocycles. The van der Waals surface area contributed by atoms with E-state index < -0.39 is 8.07 Å². The van der Waals surface area contributed by atoms with Gasteiger partial charge in [-0.05, 0) is 24.3 Å². The first-order valence-electron chi connectivity index (χ1n) is 6.64. The highest BCUT2D eigenvalue weighted by atomic mass is 32.1. The predicted octanol–water partition coefficient (Wildman–Crippen LogP) is 4.21. The molecule has 0 spiro atoms. The molecule has 1 N–H and O–H groups in total. The van der Waals surface area contributed by atoms with E-state index in [1.807, 2.05) is 24.3 Å². The van der Waals surface area contributed by atoms with Crippen molar-refractivity contribution < 1.29 is 5.11 Å². The van der Waals surface area contributed by atoms with Gasteiger partial charge in [-0.25, -0.2) is 4.98 Å². The number of aromatic hydroxyl groups is 1. The Morgan fingerprint density at radius 3 is 2.50 bits per heavy atom. The van der Waals surface area contributed by atoms with Gasteiger partial charge in [-0.2, -0.15) is 0 Å². The smallest absolute Gasteiger partial charge is 0.128 e. The summed E-state index contributed by atoms with van der Waals surface area (Å²) >= 11 is 1.63. The van der Waals surface area contributed by atoms with Crippen molar-refractivity contribution >= 4 is 34.8 Å². The van der Waals surface area contributed by atoms with Crippen LogP contribution in [0.4, 0.5) is 0 Å². The number of para-hydroxylation sites is 1. The molecule has 0 fully saturated rings. The van der Waals surface area contributed by atoms with Gasteiger partial charge in [0, 0.05) is 0 Å². The molecule has 0 atom stereocenters. The van der Waals surface area contributed by atoms with Crippen LogP contribution in [-0.4, -0.2) is 18.2 Å². The fourth-order valence-corrected chi connectivity index (χ4v) is 4.31. The Bertz CT molecular complexity index is 740. The van der Waals surface area contributed by atoms with Gasteiger partial charge in [-0.15, -0.1) is 11.3 Å². The number of rotatable bonds is 2. The van der Waals surface area contributed by atoms with E-state index in [0.717, 1.165) is 20.8 Å². The first-order chi connectivity index (χ1) is 9.45. The zero-order valence-electron chi connectivity index (χ0n) is 11.8. The van der Waals surface area contributed by atoms with Gasteiger partial charge in [0.15, 0.2) is 0 Å². The van der Waals surface area contributed by atoms with Crippen molar-refractivity contribution in [1.29, 1.82) is 0 Å². The molecule has 1 heterocycles. The Morgan fingerprint density at radius 2 is 1.80 bits per heavy atom. The molecule has 3 aromatic rings. The number of hydrogen-bond acceptors (Lipinski definition) is 3. The van der Waals surface area contributed by atoms with E-state index in [9.17, 15) is 5.11 Å². The lowest BCUT2D eigenvalue weighted by atomic mass is 10.2. The Hall–Kier alpha value is -1.65. The van der Waals surface area contributed by atoms with Crippen molar-refractivity contribution in [2.24, 2.45) is 0 Å². The fourth-order valence-electron chi connectivity index (χ4n) is 2.16. The topological polar surface area (TPSA) is 33.1 Å². The molecule has 0 bridgehead atoms. The number of phenolic OH excluding ortho intramolecular Hbond substituents is 1. The lowest BCUT2D eigenvalue weighted by molar-refractivity contribution is 0.477. The molecule has 1 aromatic heterocycles. The monoisotopic (exact) mass is 299 g/mol. The average Bonchev–Trinajstić information content (AvgIpc) is 2.81. The molecule has 0 saturated heterocycles. The summed E-state index contributed by atoms with van der Waals surface area (Å²) in [6.45, 7) is 6.92. The zero-order valence-corrected chi connectivity index (χ0v) is 13.7. The molecule has 0 radical (unpaired) electrons. The Morgan fingerprint density at radius 1 is 1.05 bits per heavy atom. The van der Waals surface area contributed by atoms with E-state index in [-0.39, 0.29) is 0 Å². The summed E-state index contributed by atoms with van der Waals surface area (Å²) in [5.41, 5.74) is 1.84. The third kappa shape index (κ3) is 2.37. The molecule has 0 aliphatic rings. The maximum atomic E-state index is 10.2. The first kappa shape index (κ1) is 13.3. The second-order valence-electron chi connectivity index (χ2n) is 5.97. The number of nitrogens with zero attached hydrogens (tertiary/aromatic N) is 1. The van der Waals surface area contributed by atoms with Crippen LogP contribution in [0.25, 0.3) is 20.8 Å². The summed E-state index contributed by atoms with van der Waals surface area (Å²) in [6.07, 6.45) is 0. The molecule has 0 amide bonds. The van der Waals surface area contributed by atoms with Gasteiger partial charge in [0.25, 0.3) is 0 Å². The number of thiazole rings is 1. The molecular weight excluding hydrogens is 282 g/mol. The summed E-state index contributed by atoms with van der Waals surface area (Å²) in [6, 6.07) is 14.0. The van der Waals surface area contributed by atoms with Crippen LogP contribution in [0.5, 0.6) is 5.75 Å². The van der Waals surface area contributed by atoms with E-state index in [4.69, 9.17) is 0 Å². The van der Waals surface area contributed by atoms with E-state index in [1.54, 1.807) is 17.4 Å². The van der Waals surface area contributed by atoms with Crippen LogP contribution in [0.3, 0.4) is 0 Å². The van der Waals surface area contributed by atoms with E-state index in [1.165, 1.54) is 5.19 Å². The van der Waals surface area contributed by atoms with Crippen LogP contribution >= 0.6 is 11.3 Å².